The lowest BCUT2D eigenvalue weighted by Gasteiger charge is -2.25. The van der Waals surface area contributed by atoms with Gasteiger partial charge in [0, 0.05) is 18.0 Å². The zero-order valence-electron chi connectivity index (χ0n) is 9.40. The lowest BCUT2D eigenvalue weighted by Crippen LogP contribution is -2.27. The minimum atomic E-state index is 0.586. The van der Waals surface area contributed by atoms with E-state index in [1.54, 1.807) is 0 Å². The summed E-state index contributed by atoms with van der Waals surface area (Å²) in [6, 6.07) is 4.70. The standard InChI is InChI=1S/C12H16N4/c1-8-3-2-4-16(8)12-6-11-9(5-10(12)13)7-14-15-11/h5-8H,2-4,13H2,1H3,(H,14,15). The highest BCUT2D eigenvalue weighted by Gasteiger charge is 2.22. The van der Waals surface area contributed by atoms with Gasteiger partial charge in [0.2, 0.25) is 0 Å². The van der Waals surface area contributed by atoms with Crippen molar-refractivity contribution in [1.82, 2.24) is 10.2 Å². The van der Waals surface area contributed by atoms with Crippen molar-refractivity contribution in [2.45, 2.75) is 25.8 Å². The third kappa shape index (κ3) is 1.33. The molecule has 2 aromatic rings. The fourth-order valence-electron chi connectivity index (χ4n) is 2.54. The van der Waals surface area contributed by atoms with E-state index in [1.165, 1.54) is 12.8 Å². The van der Waals surface area contributed by atoms with Crippen LogP contribution >= 0.6 is 0 Å². The Hall–Kier alpha value is -1.71. The Morgan fingerprint density at radius 3 is 3.12 bits per heavy atom. The molecular formula is C12H16N4. The van der Waals surface area contributed by atoms with Crippen molar-refractivity contribution in [3.05, 3.63) is 18.3 Å². The number of nitrogens with zero attached hydrogens (tertiary/aromatic N) is 2. The van der Waals surface area contributed by atoms with Gasteiger partial charge in [0.25, 0.3) is 0 Å². The molecule has 3 rings (SSSR count). The summed E-state index contributed by atoms with van der Waals surface area (Å²) in [5, 5.41) is 8.10. The van der Waals surface area contributed by atoms with Crippen LogP contribution < -0.4 is 10.6 Å². The number of nitrogen functional groups attached to an aromatic ring is 1. The molecule has 0 spiro atoms. The normalized spacial score (nSPS) is 20.8. The van der Waals surface area contributed by atoms with E-state index in [0.29, 0.717) is 6.04 Å². The van der Waals surface area contributed by atoms with Gasteiger partial charge in [-0.1, -0.05) is 0 Å². The Balaban J connectivity index is 2.11. The third-order valence-electron chi connectivity index (χ3n) is 3.45. The molecule has 1 aliphatic rings. The van der Waals surface area contributed by atoms with Crippen LogP contribution in [0.4, 0.5) is 11.4 Å². The second kappa shape index (κ2) is 3.40. The van der Waals surface area contributed by atoms with E-state index in [1.807, 2.05) is 12.3 Å². The van der Waals surface area contributed by atoms with Gasteiger partial charge in [0.1, 0.15) is 0 Å². The van der Waals surface area contributed by atoms with Crippen LogP contribution in [-0.4, -0.2) is 22.8 Å². The van der Waals surface area contributed by atoms with Crippen molar-refractivity contribution in [1.29, 1.82) is 0 Å². The van der Waals surface area contributed by atoms with Gasteiger partial charge < -0.3 is 10.6 Å². The number of nitrogens with two attached hydrogens (primary N) is 1. The predicted octanol–water partition coefficient (Wildman–Crippen LogP) is 2.13. The van der Waals surface area contributed by atoms with Gasteiger partial charge >= 0.3 is 0 Å². The molecule has 4 heteroatoms. The average molecular weight is 216 g/mol. The summed E-state index contributed by atoms with van der Waals surface area (Å²) in [4.78, 5) is 2.38. The number of aromatic amines is 1. The Kier molecular flexibility index (Phi) is 2.02. The second-order valence-electron chi connectivity index (χ2n) is 4.55. The van der Waals surface area contributed by atoms with Crippen LogP contribution in [0.5, 0.6) is 0 Å². The molecule has 0 saturated carbocycles. The first-order valence-electron chi connectivity index (χ1n) is 5.75. The smallest absolute Gasteiger partial charge is 0.0672 e. The molecule has 0 bridgehead atoms. The van der Waals surface area contributed by atoms with Gasteiger partial charge in [-0.3, -0.25) is 5.10 Å². The highest BCUT2D eigenvalue weighted by Crippen LogP contribution is 2.32. The van der Waals surface area contributed by atoms with E-state index in [2.05, 4.69) is 28.1 Å². The average Bonchev–Trinajstić information content (AvgIpc) is 2.85. The maximum Gasteiger partial charge on any atom is 0.0672 e. The van der Waals surface area contributed by atoms with Crippen molar-refractivity contribution in [2.75, 3.05) is 17.2 Å². The summed E-state index contributed by atoms with van der Waals surface area (Å²) >= 11 is 0. The van der Waals surface area contributed by atoms with Gasteiger partial charge in [-0.2, -0.15) is 5.10 Å². The van der Waals surface area contributed by atoms with Gasteiger partial charge in [0.05, 0.1) is 23.1 Å². The highest BCUT2D eigenvalue weighted by molar-refractivity contribution is 5.89. The van der Waals surface area contributed by atoms with Crippen LogP contribution in [-0.2, 0) is 0 Å². The molecule has 1 aromatic carbocycles. The topological polar surface area (TPSA) is 57.9 Å². The van der Waals surface area contributed by atoms with Crippen molar-refractivity contribution in [3.63, 3.8) is 0 Å². The zero-order chi connectivity index (χ0) is 11.1. The quantitative estimate of drug-likeness (QED) is 0.718. The number of benzene rings is 1. The van der Waals surface area contributed by atoms with Gasteiger partial charge in [-0.05, 0) is 31.9 Å². The first kappa shape index (κ1) is 9.51. The fraction of sp³-hybridized carbons (Fsp3) is 0.417. The Bertz CT molecular complexity index is 517. The minimum Gasteiger partial charge on any atom is -0.397 e. The van der Waals surface area contributed by atoms with Crippen LogP contribution in [0.1, 0.15) is 19.8 Å². The summed E-state index contributed by atoms with van der Waals surface area (Å²) in [5.41, 5.74) is 9.15. The molecule has 3 N–H and O–H groups in total. The van der Waals surface area contributed by atoms with Gasteiger partial charge in [-0.15, -0.1) is 0 Å². The number of fused-ring (bicyclic) bond motifs is 1. The molecule has 0 aliphatic carbocycles. The van der Waals surface area contributed by atoms with Crippen molar-refractivity contribution >= 4 is 22.3 Å². The van der Waals surface area contributed by atoms with Crippen LogP contribution in [0, 0.1) is 0 Å². The largest absolute Gasteiger partial charge is 0.397 e. The summed E-state index contributed by atoms with van der Waals surface area (Å²) in [6.07, 6.45) is 4.31. The first-order chi connectivity index (χ1) is 7.75. The number of anilines is 2. The fourth-order valence-corrected chi connectivity index (χ4v) is 2.54. The summed E-state index contributed by atoms with van der Waals surface area (Å²) < 4.78 is 0. The first-order valence-corrected chi connectivity index (χ1v) is 5.75. The number of rotatable bonds is 1. The summed E-state index contributed by atoms with van der Waals surface area (Å²) in [7, 11) is 0. The molecule has 84 valence electrons. The molecule has 1 unspecified atom stereocenters. The molecule has 16 heavy (non-hydrogen) atoms. The zero-order valence-corrected chi connectivity index (χ0v) is 9.40. The SMILES string of the molecule is CC1CCCN1c1cc2[nH]ncc2cc1N. The van der Waals surface area contributed by atoms with E-state index in [4.69, 9.17) is 5.73 Å². The van der Waals surface area contributed by atoms with E-state index >= 15 is 0 Å². The second-order valence-corrected chi connectivity index (χ2v) is 4.55. The summed E-state index contributed by atoms with van der Waals surface area (Å²) in [6.45, 7) is 3.36. The molecule has 1 saturated heterocycles. The Morgan fingerprint density at radius 1 is 1.50 bits per heavy atom. The molecule has 1 aliphatic heterocycles. The molecular weight excluding hydrogens is 200 g/mol. The number of aromatic nitrogens is 2. The molecule has 0 radical (unpaired) electrons. The maximum absolute atomic E-state index is 6.10. The van der Waals surface area contributed by atoms with Crippen molar-refractivity contribution < 1.29 is 0 Å². The van der Waals surface area contributed by atoms with Gasteiger partial charge in [-0.25, -0.2) is 0 Å². The van der Waals surface area contributed by atoms with Crippen LogP contribution in [0.3, 0.4) is 0 Å². The maximum atomic E-state index is 6.10. The van der Waals surface area contributed by atoms with Gasteiger partial charge in [0.15, 0.2) is 0 Å². The van der Waals surface area contributed by atoms with E-state index in [0.717, 1.165) is 28.8 Å². The number of hydrogen-bond donors (Lipinski definition) is 2. The molecule has 2 heterocycles. The molecule has 1 atom stereocenters. The lowest BCUT2D eigenvalue weighted by molar-refractivity contribution is 0.736. The van der Waals surface area contributed by atoms with E-state index < -0.39 is 0 Å². The van der Waals surface area contributed by atoms with Crippen molar-refractivity contribution in [2.24, 2.45) is 0 Å². The van der Waals surface area contributed by atoms with E-state index in [9.17, 15) is 0 Å². The number of H-pyrrole nitrogens is 1. The van der Waals surface area contributed by atoms with Crippen molar-refractivity contribution in [3.8, 4) is 0 Å². The predicted molar refractivity (Wildman–Crippen MR) is 66.5 cm³/mol. The highest BCUT2D eigenvalue weighted by atomic mass is 15.2. The molecule has 1 aromatic heterocycles. The molecule has 0 amide bonds. The Morgan fingerprint density at radius 2 is 2.38 bits per heavy atom. The minimum absolute atomic E-state index is 0.586. The Labute approximate surface area is 94.4 Å². The number of hydrogen-bond acceptors (Lipinski definition) is 3. The lowest BCUT2D eigenvalue weighted by atomic mass is 10.1. The monoisotopic (exact) mass is 216 g/mol. The van der Waals surface area contributed by atoms with Crippen LogP contribution in [0.25, 0.3) is 10.9 Å². The molecule has 1 fully saturated rings. The summed E-state index contributed by atoms with van der Waals surface area (Å²) in [5.74, 6) is 0. The number of nitrogens with one attached hydrogen (secondary N) is 1. The molecule has 4 nitrogen and oxygen atoms in total. The van der Waals surface area contributed by atoms with Crippen LogP contribution in [0.15, 0.2) is 18.3 Å². The van der Waals surface area contributed by atoms with E-state index in [-0.39, 0.29) is 0 Å². The third-order valence-corrected chi connectivity index (χ3v) is 3.45. The van der Waals surface area contributed by atoms with Crippen LogP contribution in [0.2, 0.25) is 0 Å².